The number of nitrogens with one attached hydrogen (secondary N) is 1. The summed E-state index contributed by atoms with van der Waals surface area (Å²) in [7, 11) is 0. The maximum Gasteiger partial charge on any atom is 0.269 e. The van der Waals surface area contributed by atoms with Crippen LogP contribution >= 0.6 is 0 Å². The Bertz CT molecular complexity index is 726. The molecule has 0 aliphatic carbocycles. The van der Waals surface area contributed by atoms with Crippen molar-refractivity contribution in [2.24, 2.45) is 0 Å². The molecule has 0 spiro atoms. The lowest BCUT2D eigenvalue weighted by Crippen LogP contribution is -2.12. The first-order valence-electron chi connectivity index (χ1n) is 7.80. The summed E-state index contributed by atoms with van der Waals surface area (Å²) in [4.78, 5) is 22.4. The number of rotatable bonds is 7. The molecule has 24 heavy (non-hydrogen) atoms. The standard InChI is InChI=1S/C18H20N2O4/c1-3-4-11-24-16-9-10-17(13(2)12-16)19-18(21)14-5-7-15(8-6-14)20(22)23/h5-10,12H,3-4,11H2,1-2H3,(H,19,21). The molecule has 0 heterocycles. The number of non-ortho nitro benzene ring substituents is 1. The second-order valence-corrected chi connectivity index (χ2v) is 5.44. The first-order valence-corrected chi connectivity index (χ1v) is 7.80. The number of benzene rings is 2. The Balaban J connectivity index is 2.04. The molecule has 6 heteroatoms. The predicted molar refractivity (Wildman–Crippen MR) is 92.6 cm³/mol. The van der Waals surface area contributed by atoms with Crippen LogP contribution in [0.2, 0.25) is 0 Å². The summed E-state index contributed by atoms with van der Waals surface area (Å²) in [6.07, 6.45) is 2.07. The van der Waals surface area contributed by atoms with Gasteiger partial charge in [0.25, 0.3) is 11.6 Å². The summed E-state index contributed by atoms with van der Waals surface area (Å²) in [5, 5.41) is 13.4. The minimum atomic E-state index is -0.497. The molecular weight excluding hydrogens is 308 g/mol. The maximum absolute atomic E-state index is 12.2. The van der Waals surface area contributed by atoms with E-state index in [-0.39, 0.29) is 11.6 Å². The maximum atomic E-state index is 12.2. The number of nitro benzene ring substituents is 1. The van der Waals surface area contributed by atoms with Crippen LogP contribution in [0.5, 0.6) is 5.75 Å². The smallest absolute Gasteiger partial charge is 0.269 e. The molecule has 2 aromatic carbocycles. The molecule has 1 amide bonds. The van der Waals surface area contributed by atoms with E-state index in [2.05, 4.69) is 12.2 Å². The minimum absolute atomic E-state index is 0.0451. The number of aryl methyl sites for hydroxylation is 1. The number of carbonyl (C=O) groups excluding carboxylic acids is 1. The van der Waals surface area contributed by atoms with Gasteiger partial charge in [0.2, 0.25) is 0 Å². The Hall–Kier alpha value is -2.89. The number of nitro groups is 1. The number of amides is 1. The van der Waals surface area contributed by atoms with Gasteiger partial charge in [-0.25, -0.2) is 0 Å². The third kappa shape index (κ3) is 4.55. The zero-order chi connectivity index (χ0) is 17.5. The summed E-state index contributed by atoms with van der Waals surface area (Å²) in [6, 6.07) is 11.0. The number of hydrogen-bond acceptors (Lipinski definition) is 4. The van der Waals surface area contributed by atoms with E-state index in [1.54, 1.807) is 6.07 Å². The number of unbranched alkanes of at least 4 members (excludes halogenated alkanes) is 1. The van der Waals surface area contributed by atoms with Gasteiger partial charge in [0.15, 0.2) is 0 Å². The molecule has 2 aromatic rings. The third-order valence-electron chi connectivity index (χ3n) is 3.55. The molecule has 0 radical (unpaired) electrons. The minimum Gasteiger partial charge on any atom is -0.494 e. The van der Waals surface area contributed by atoms with Crippen LogP contribution in [0, 0.1) is 17.0 Å². The molecule has 0 saturated heterocycles. The summed E-state index contributed by atoms with van der Waals surface area (Å²) >= 11 is 0. The van der Waals surface area contributed by atoms with Gasteiger partial charge in [0.1, 0.15) is 5.75 Å². The molecule has 0 unspecified atom stereocenters. The Morgan fingerprint density at radius 1 is 1.21 bits per heavy atom. The molecule has 2 rings (SSSR count). The van der Waals surface area contributed by atoms with Crippen LogP contribution in [0.25, 0.3) is 0 Å². The van der Waals surface area contributed by atoms with Crippen LogP contribution in [-0.4, -0.2) is 17.4 Å². The fourth-order valence-electron chi connectivity index (χ4n) is 2.13. The fourth-order valence-corrected chi connectivity index (χ4v) is 2.13. The van der Waals surface area contributed by atoms with Gasteiger partial charge < -0.3 is 10.1 Å². The largest absolute Gasteiger partial charge is 0.494 e. The SMILES string of the molecule is CCCCOc1ccc(NC(=O)c2ccc([N+](=O)[O-])cc2)c(C)c1. The molecule has 0 aliphatic rings. The normalized spacial score (nSPS) is 10.2. The zero-order valence-electron chi connectivity index (χ0n) is 13.7. The van der Waals surface area contributed by atoms with Crippen LogP contribution in [-0.2, 0) is 0 Å². The molecule has 0 fully saturated rings. The van der Waals surface area contributed by atoms with Crippen LogP contribution in [0.4, 0.5) is 11.4 Å². The number of ether oxygens (including phenoxy) is 1. The van der Waals surface area contributed by atoms with Crippen LogP contribution < -0.4 is 10.1 Å². The Labute approximate surface area is 140 Å². The molecule has 1 N–H and O–H groups in total. The quantitative estimate of drug-likeness (QED) is 0.466. The molecule has 0 saturated carbocycles. The molecular formula is C18H20N2O4. The lowest BCUT2D eigenvalue weighted by Gasteiger charge is -2.11. The van der Waals surface area contributed by atoms with E-state index in [9.17, 15) is 14.9 Å². The van der Waals surface area contributed by atoms with Gasteiger partial charge >= 0.3 is 0 Å². The van der Waals surface area contributed by atoms with Crippen molar-refractivity contribution in [1.82, 2.24) is 0 Å². The summed E-state index contributed by atoms with van der Waals surface area (Å²) in [5.41, 5.74) is 1.89. The Morgan fingerprint density at radius 3 is 2.50 bits per heavy atom. The average Bonchev–Trinajstić information content (AvgIpc) is 2.57. The lowest BCUT2D eigenvalue weighted by atomic mass is 10.1. The average molecular weight is 328 g/mol. The van der Waals surface area contributed by atoms with Crippen molar-refractivity contribution in [1.29, 1.82) is 0 Å². The van der Waals surface area contributed by atoms with Crippen molar-refractivity contribution in [3.05, 3.63) is 63.7 Å². The number of hydrogen-bond donors (Lipinski definition) is 1. The number of nitrogens with zero attached hydrogens (tertiary/aromatic N) is 1. The van der Waals surface area contributed by atoms with E-state index in [0.29, 0.717) is 17.9 Å². The van der Waals surface area contributed by atoms with Crippen LogP contribution in [0.3, 0.4) is 0 Å². The number of anilines is 1. The van der Waals surface area contributed by atoms with E-state index >= 15 is 0 Å². The Kier molecular flexibility index (Phi) is 5.89. The van der Waals surface area contributed by atoms with Crippen molar-refractivity contribution in [3.8, 4) is 5.75 Å². The monoisotopic (exact) mass is 328 g/mol. The molecule has 0 aliphatic heterocycles. The second-order valence-electron chi connectivity index (χ2n) is 5.44. The van der Waals surface area contributed by atoms with Crippen LogP contribution in [0.15, 0.2) is 42.5 Å². The lowest BCUT2D eigenvalue weighted by molar-refractivity contribution is -0.384. The van der Waals surface area contributed by atoms with Gasteiger partial charge in [0.05, 0.1) is 11.5 Å². The van der Waals surface area contributed by atoms with Gasteiger partial charge in [-0.15, -0.1) is 0 Å². The van der Waals surface area contributed by atoms with E-state index in [1.165, 1.54) is 24.3 Å². The number of carbonyl (C=O) groups is 1. The molecule has 0 aromatic heterocycles. The highest BCUT2D eigenvalue weighted by atomic mass is 16.6. The van der Waals surface area contributed by atoms with E-state index in [1.807, 2.05) is 19.1 Å². The highest BCUT2D eigenvalue weighted by Crippen LogP contribution is 2.22. The highest BCUT2D eigenvalue weighted by molar-refractivity contribution is 6.04. The molecule has 0 bridgehead atoms. The highest BCUT2D eigenvalue weighted by Gasteiger charge is 2.11. The van der Waals surface area contributed by atoms with E-state index in [4.69, 9.17) is 4.74 Å². The molecule has 6 nitrogen and oxygen atoms in total. The van der Waals surface area contributed by atoms with Gasteiger partial charge in [-0.2, -0.15) is 0 Å². The molecule has 126 valence electrons. The van der Waals surface area contributed by atoms with Gasteiger partial charge in [-0.3, -0.25) is 14.9 Å². The van der Waals surface area contributed by atoms with Gasteiger partial charge in [-0.05, 0) is 49.2 Å². The van der Waals surface area contributed by atoms with Gasteiger partial charge in [-0.1, -0.05) is 13.3 Å². The van der Waals surface area contributed by atoms with Gasteiger partial charge in [0, 0.05) is 23.4 Å². The first kappa shape index (κ1) is 17.5. The van der Waals surface area contributed by atoms with E-state index < -0.39 is 4.92 Å². The summed E-state index contributed by atoms with van der Waals surface area (Å²) < 4.78 is 5.63. The predicted octanol–water partition coefficient (Wildman–Crippen LogP) is 4.33. The van der Waals surface area contributed by atoms with Crippen molar-refractivity contribution < 1.29 is 14.5 Å². The van der Waals surface area contributed by atoms with Crippen molar-refractivity contribution in [2.45, 2.75) is 26.7 Å². The van der Waals surface area contributed by atoms with Crippen molar-refractivity contribution in [3.63, 3.8) is 0 Å². The zero-order valence-corrected chi connectivity index (χ0v) is 13.7. The third-order valence-corrected chi connectivity index (χ3v) is 3.55. The fraction of sp³-hybridized carbons (Fsp3) is 0.278. The van der Waals surface area contributed by atoms with Crippen LogP contribution in [0.1, 0.15) is 35.7 Å². The topological polar surface area (TPSA) is 81.5 Å². The van der Waals surface area contributed by atoms with E-state index in [0.717, 1.165) is 24.2 Å². The second kappa shape index (κ2) is 8.10. The van der Waals surface area contributed by atoms with Crippen molar-refractivity contribution in [2.75, 3.05) is 11.9 Å². The Morgan fingerprint density at radius 2 is 1.92 bits per heavy atom. The van der Waals surface area contributed by atoms with Crippen molar-refractivity contribution >= 4 is 17.3 Å². The first-order chi connectivity index (χ1) is 11.5. The summed E-state index contributed by atoms with van der Waals surface area (Å²) in [5.74, 6) is 0.460. The molecule has 0 atom stereocenters. The summed E-state index contributed by atoms with van der Waals surface area (Å²) in [6.45, 7) is 4.66.